The number of aryl methyl sites for hydroxylation is 2. The molecule has 1 aromatic carbocycles. The lowest BCUT2D eigenvalue weighted by Gasteiger charge is -2.09. The molecule has 3 nitrogen and oxygen atoms in total. The Kier molecular flexibility index (Phi) is 2.85. The molecule has 0 spiro atoms. The minimum atomic E-state index is -0.631. The van der Waals surface area contributed by atoms with Gasteiger partial charge in [0.2, 0.25) is 0 Å². The van der Waals surface area contributed by atoms with Crippen LogP contribution in [0, 0.1) is 11.6 Å². The number of fused-ring (bicyclic) bond motifs is 3. The number of nitrogens with one attached hydrogen (secondary N) is 1. The van der Waals surface area contributed by atoms with Crippen LogP contribution in [0.5, 0.6) is 0 Å². The standard InChI is InChI=1S/C15H11F2N3S/c16-9-4-2-5-10(17)13(9)20-14-12-8-3-1-6-11(8)21-15(12)19-7-18-14/h2,4-5,7H,1,3,6H2,(H,18,19,20). The largest absolute Gasteiger partial charge is 0.335 e. The van der Waals surface area contributed by atoms with E-state index in [-0.39, 0.29) is 5.69 Å². The molecule has 0 amide bonds. The number of aromatic nitrogens is 2. The van der Waals surface area contributed by atoms with Crippen LogP contribution in [0.3, 0.4) is 0 Å². The highest BCUT2D eigenvalue weighted by molar-refractivity contribution is 7.19. The number of nitrogens with zero attached hydrogens (tertiary/aromatic N) is 2. The van der Waals surface area contributed by atoms with Gasteiger partial charge in [0.05, 0.1) is 5.39 Å². The fourth-order valence-corrected chi connectivity index (χ4v) is 3.99. The summed E-state index contributed by atoms with van der Waals surface area (Å²) in [5.41, 5.74) is 1.05. The molecule has 0 radical (unpaired) electrons. The second kappa shape index (κ2) is 4.73. The average molecular weight is 303 g/mol. The Balaban J connectivity index is 1.88. The molecule has 0 fully saturated rings. The summed E-state index contributed by atoms with van der Waals surface area (Å²) < 4.78 is 27.6. The molecule has 1 aliphatic rings. The van der Waals surface area contributed by atoms with Crippen LogP contribution in [0.15, 0.2) is 24.5 Å². The lowest BCUT2D eigenvalue weighted by atomic mass is 10.2. The Morgan fingerprint density at radius 3 is 2.71 bits per heavy atom. The van der Waals surface area contributed by atoms with Gasteiger partial charge in [0.15, 0.2) is 0 Å². The predicted molar refractivity (Wildman–Crippen MR) is 79.1 cm³/mol. The summed E-state index contributed by atoms with van der Waals surface area (Å²) in [5, 5.41) is 3.71. The normalized spacial score (nSPS) is 13.6. The second-order valence-electron chi connectivity index (χ2n) is 4.98. The molecule has 0 saturated carbocycles. The van der Waals surface area contributed by atoms with Crippen LogP contribution in [0.25, 0.3) is 10.2 Å². The van der Waals surface area contributed by atoms with Gasteiger partial charge in [-0.2, -0.15) is 0 Å². The summed E-state index contributed by atoms with van der Waals surface area (Å²) >= 11 is 1.64. The highest BCUT2D eigenvalue weighted by Crippen LogP contribution is 2.40. The first kappa shape index (κ1) is 12.6. The van der Waals surface area contributed by atoms with Crippen molar-refractivity contribution in [3.8, 4) is 0 Å². The first-order valence-electron chi connectivity index (χ1n) is 6.70. The summed E-state index contributed by atoms with van der Waals surface area (Å²) in [4.78, 5) is 10.6. The van der Waals surface area contributed by atoms with Gasteiger partial charge in [-0.3, -0.25) is 0 Å². The molecule has 0 unspecified atom stereocenters. The number of thiophene rings is 1. The van der Waals surface area contributed by atoms with Crippen LogP contribution in [0.2, 0.25) is 0 Å². The van der Waals surface area contributed by atoms with E-state index in [4.69, 9.17) is 0 Å². The Labute approximate surface area is 123 Å². The molecular weight excluding hydrogens is 292 g/mol. The molecule has 0 atom stereocenters. The number of anilines is 2. The van der Waals surface area contributed by atoms with Crippen molar-refractivity contribution in [1.29, 1.82) is 0 Å². The van der Waals surface area contributed by atoms with Gasteiger partial charge in [-0.25, -0.2) is 18.7 Å². The van der Waals surface area contributed by atoms with E-state index >= 15 is 0 Å². The van der Waals surface area contributed by atoms with Crippen molar-refractivity contribution in [2.45, 2.75) is 19.3 Å². The molecule has 4 rings (SSSR count). The van der Waals surface area contributed by atoms with Crippen LogP contribution in [-0.2, 0) is 12.8 Å². The van der Waals surface area contributed by atoms with Crippen molar-refractivity contribution in [2.75, 3.05) is 5.32 Å². The van der Waals surface area contributed by atoms with E-state index in [0.29, 0.717) is 5.82 Å². The van der Waals surface area contributed by atoms with Crippen molar-refractivity contribution in [1.82, 2.24) is 9.97 Å². The van der Waals surface area contributed by atoms with E-state index in [2.05, 4.69) is 15.3 Å². The fourth-order valence-electron chi connectivity index (χ4n) is 2.76. The van der Waals surface area contributed by atoms with E-state index in [9.17, 15) is 8.78 Å². The Bertz CT molecular complexity index is 824. The maximum Gasteiger partial charge on any atom is 0.149 e. The topological polar surface area (TPSA) is 37.8 Å². The molecule has 0 saturated heterocycles. The minimum absolute atomic E-state index is 0.171. The predicted octanol–water partition coefficient (Wildman–Crippen LogP) is 4.20. The molecule has 2 aromatic heterocycles. The number of benzene rings is 1. The SMILES string of the molecule is Fc1cccc(F)c1Nc1ncnc2sc3c(c12)CCC3. The van der Waals surface area contributed by atoms with Gasteiger partial charge in [0.25, 0.3) is 0 Å². The summed E-state index contributed by atoms with van der Waals surface area (Å²) in [6.07, 6.45) is 4.55. The zero-order valence-electron chi connectivity index (χ0n) is 11.0. The third-order valence-corrected chi connectivity index (χ3v) is 4.91. The first-order chi connectivity index (χ1) is 10.2. The average Bonchev–Trinajstić information content (AvgIpc) is 3.03. The van der Waals surface area contributed by atoms with Gasteiger partial charge in [0.1, 0.15) is 34.3 Å². The molecule has 106 valence electrons. The molecular formula is C15H11F2N3S. The van der Waals surface area contributed by atoms with Crippen molar-refractivity contribution in [3.63, 3.8) is 0 Å². The summed E-state index contributed by atoms with van der Waals surface area (Å²) in [6, 6.07) is 3.79. The quantitative estimate of drug-likeness (QED) is 0.771. The van der Waals surface area contributed by atoms with Crippen LogP contribution in [0.1, 0.15) is 16.9 Å². The van der Waals surface area contributed by atoms with E-state index in [1.165, 1.54) is 35.0 Å². The summed E-state index contributed by atoms with van der Waals surface area (Å²) in [6.45, 7) is 0. The fraction of sp³-hybridized carbons (Fsp3) is 0.200. The van der Waals surface area contributed by atoms with Crippen molar-refractivity contribution in [3.05, 3.63) is 46.6 Å². The molecule has 0 aliphatic heterocycles. The smallest absolute Gasteiger partial charge is 0.149 e. The van der Waals surface area contributed by atoms with Crippen LogP contribution >= 0.6 is 11.3 Å². The van der Waals surface area contributed by atoms with E-state index in [1.807, 2.05) is 0 Å². The summed E-state index contributed by atoms with van der Waals surface area (Å²) in [5.74, 6) is -0.786. The first-order valence-corrected chi connectivity index (χ1v) is 7.52. The van der Waals surface area contributed by atoms with Gasteiger partial charge in [-0.05, 0) is 37.0 Å². The molecule has 2 heterocycles. The van der Waals surface area contributed by atoms with Gasteiger partial charge in [-0.1, -0.05) is 6.07 Å². The van der Waals surface area contributed by atoms with Crippen molar-refractivity contribution >= 4 is 33.1 Å². The second-order valence-corrected chi connectivity index (χ2v) is 6.07. The molecule has 3 aromatic rings. The number of rotatable bonds is 2. The molecule has 21 heavy (non-hydrogen) atoms. The number of para-hydroxylation sites is 1. The van der Waals surface area contributed by atoms with Crippen LogP contribution < -0.4 is 5.32 Å². The zero-order chi connectivity index (χ0) is 14.4. The Morgan fingerprint density at radius 2 is 1.90 bits per heavy atom. The number of hydrogen-bond donors (Lipinski definition) is 1. The Hall–Kier alpha value is -2.08. The van der Waals surface area contributed by atoms with Gasteiger partial charge in [0, 0.05) is 4.88 Å². The molecule has 6 heteroatoms. The maximum atomic E-state index is 13.8. The lowest BCUT2D eigenvalue weighted by molar-refractivity contribution is 0.590. The number of halogens is 2. The Morgan fingerprint density at radius 1 is 1.10 bits per heavy atom. The highest BCUT2D eigenvalue weighted by atomic mass is 32.1. The van der Waals surface area contributed by atoms with Crippen molar-refractivity contribution in [2.24, 2.45) is 0 Å². The van der Waals surface area contributed by atoms with Crippen LogP contribution in [0.4, 0.5) is 20.3 Å². The minimum Gasteiger partial charge on any atom is -0.335 e. The summed E-state index contributed by atoms with van der Waals surface area (Å²) in [7, 11) is 0. The molecule has 1 N–H and O–H groups in total. The molecule has 0 bridgehead atoms. The van der Waals surface area contributed by atoms with Crippen LogP contribution in [-0.4, -0.2) is 9.97 Å². The van der Waals surface area contributed by atoms with Gasteiger partial charge in [-0.15, -0.1) is 11.3 Å². The van der Waals surface area contributed by atoms with Gasteiger partial charge < -0.3 is 5.32 Å². The molecule has 1 aliphatic carbocycles. The maximum absolute atomic E-state index is 13.8. The highest BCUT2D eigenvalue weighted by Gasteiger charge is 2.22. The zero-order valence-corrected chi connectivity index (χ0v) is 11.8. The lowest BCUT2D eigenvalue weighted by Crippen LogP contribution is -2.00. The monoisotopic (exact) mass is 303 g/mol. The third-order valence-electron chi connectivity index (χ3n) is 3.71. The van der Waals surface area contributed by atoms with Gasteiger partial charge >= 0.3 is 0 Å². The number of hydrogen-bond acceptors (Lipinski definition) is 4. The van der Waals surface area contributed by atoms with E-state index in [0.717, 1.165) is 29.5 Å². The van der Waals surface area contributed by atoms with E-state index < -0.39 is 11.6 Å². The third kappa shape index (κ3) is 1.98. The van der Waals surface area contributed by atoms with Crippen molar-refractivity contribution < 1.29 is 8.78 Å². The van der Waals surface area contributed by atoms with E-state index in [1.54, 1.807) is 11.3 Å².